The Balaban J connectivity index is 1.35. The molecule has 1 aliphatic rings. The van der Waals surface area contributed by atoms with Gasteiger partial charge in [0.25, 0.3) is 0 Å². The van der Waals surface area contributed by atoms with E-state index in [4.69, 9.17) is 0 Å². The number of carbonyl (C=O) groups excluding carboxylic acids is 1. The van der Waals surface area contributed by atoms with E-state index in [1.54, 1.807) is 6.07 Å². The highest BCUT2D eigenvalue weighted by atomic mass is 19.1. The lowest BCUT2D eigenvalue weighted by molar-refractivity contribution is 0.169. The molecule has 1 aromatic heterocycles. The van der Waals surface area contributed by atoms with Gasteiger partial charge in [-0.05, 0) is 30.5 Å². The van der Waals surface area contributed by atoms with Gasteiger partial charge < -0.3 is 10.2 Å². The average Bonchev–Trinajstić information content (AvgIpc) is 3.10. The molecule has 1 saturated heterocycles. The molecule has 0 saturated carbocycles. The molecule has 1 fully saturated rings. The van der Waals surface area contributed by atoms with Crippen molar-refractivity contribution in [2.45, 2.75) is 25.4 Å². The van der Waals surface area contributed by atoms with E-state index in [-0.39, 0.29) is 17.9 Å². The highest BCUT2D eigenvalue weighted by molar-refractivity contribution is 5.75. The number of rotatable bonds is 3. The largest absolute Gasteiger partial charge is 0.334 e. The van der Waals surface area contributed by atoms with Crippen molar-refractivity contribution in [3.8, 4) is 0 Å². The number of nitrogens with zero attached hydrogens (tertiary/aromatic N) is 4. The topological polar surface area (TPSA) is 63.1 Å². The molecule has 0 atom stereocenters. The summed E-state index contributed by atoms with van der Waals surface area (Å²) in [5.41, 5.74) is 2.48. The second-order valence-electron chi connectivity index (χ2n) is 6.53. The molecule has 2 heterocycles. The predicted octanol–water partition coefficient (Wildman–Crippen LogP) is 3.12. The van der Waals surface area contributed by atoms with Gasteiger partial charge in [-0.25, -0.2) is 13.9 Å². The van der Waals surface area contributed by atoms with Crippen LogP contribution >= 0.6 is 0 Å². The number of urea groups is 1. The SMILES string of the molecule is O=C(NCc1ccccc1)N1CCC(n2nnc3cc(F)ccc32)CC1. The monoisotopic (exact) mass is 353 g/mol. The summed E-state index contributed by atoms with van der Waals surface area (Å²) in [6.07, 6.45) is 1.60. The van der Waals surface area contributed by atoms with Crippen molar-refractivity contribution in [3.05, 3.63) is 59.9 Å². The third-order valence-electron chi connectivity index (χ3n) is 4.82. The summed E-state index contributed by atoms with van der Waals surface area (Å²) < 4.78 is 15.2. The number of halogens is 1. The van der Waals surface area contributed by atoms with Crippen molar-refractivity contribution in [2.24, 2.45) is 0 Å². The number of carbonyl (C=O) groups is 1. The molecular weight excluding hydrogens is 333 g/mol. The molecule has 0 radical (unpaired) electrons. The van der Waals surface area contributed by atoms with Crippen LogP contribution in [0.25, 0.3) is 11.0 Å². The van der Waals surface area contributed by atoms with Gasteiger partial charge in [0.15, 0.2) is 0 Å². The highest BCUT2D eigenvalue weighted by Gasteiger charge is 2.25. The van der Waals surface area contributed by atoms with Gasteiger partial charge >= 0.3 is 6.03 Å². The molecule has 1 aliphatic heterocycles. The number of aromatic nitrogens is 3. The molecule has 0 bridgehead atoms. The Morgan fingerprint density at radius 3 is 2.69 bits per heavy atom. The van der Waals surface area contributed by atoms with E-state index < -0.39 is 0 Å². The molecule has 0 unspecified atom stereocenters. The summed E-state index contributed by atoms with van der Waals surface area (Å²) in [5.74, 6) is -0.311. The number of likely N-dealkylation sites (tertiary alicyclic amines) is 1. The summed E-state index contributed by atoms with van der Waals surface area (Å²) in [4.78, 5) is 14.2. The van der Waals surface area contributed by atoms with Crippen molar-refractivity contribution < 1.29 is 9.18 Å². The molecule has 1 N–H and O–H groups in total. The van der Waals surface area contributed by atoms with E-state index in [1.165, 1.54) is 12.1 Å². The van der Waals surface area contributed by atoms with Crippen LogP contribution in [0.1, 0.15) is 24.4 Å². The fourth-order valence-corrected chi connectivity index (χ4v) is 3.38. The lowest BCUT2D eigenvalue weighted by atomic mass is 10.1. The standard InChI is InChI=1S/C19H20FN5O/c20-15-6-7-18-17(12-15)22-23-25(18)16-8-10-24(11-9-16)19(26)21-13-14-4-2-1-3-5-14/h1-7,12,16H,8-11,13H2,(H,21,26). The van der Waals surface area contributed by atoms with Gasteiger partial charge in [0.1, 0.15) is 11.3 Å². The second-order valence-corrected chi connectivity index (χ2v) is 6.53. The number of amides is 2. The third-order valence-corrected chi connectivity index (χ3v) is 4.82. The van der Waals surface area contributed by atoms with Crippen molar-refractivity contribution in [2.75, 3.05) is 13.1 Å². The molecule has 4 rings (SSSR count). The lowest BCUT2D eigenvalue weighted by Crippen LogP contribution is -2.44. The zero-order chi connectivity index (χ0) is 17.9. The smallest absolute Gasteiger partial charge is 0.317 e. The first kappa shape index (κ1) is 16.5. The third kappa shape index (κ3) is 3.37. The fourth-order valence-electron chi connectivity index (χ4n) is 3.38. The summed E-state index contributed by atoms with van der Waals surface area (Å²) >= 11 is 0. The van der Waals surface area contributed by atoms with Crippen molar-refractivity contribution in [3.63, 3.8) is 0 Å². The minimum atomic E-state index is -0.311. The molecule has 134 valence electrons. The van der Waals surface area contributed by atoms with Gasteiger partial charge in [-0.15, -0.1) is 5.10 Å². The van der Waals surface area contributed by atoms with E-state index in [0.29, 0.717) is 25.2 Å². The van der Waals surface area contributed by atoms with Crippen LogP contribution in [0.15, 0.2) is 48.5 Å². The molecule has 7 heteroatoms. The Hall–Kier alpha value is -2.96. The molecule has 0 spiro atoms. The number of piperidine rings is 1. The maximum atomic E-state index is 13.3. The minimum Gasteiger partial charge on any atom is -0.334 e. The average molecular weight is 353 g/mol. The molecule has 2 aromatic carbocycles. The number of benzene rings is 2. The summed E-state index contributed by atoms with van der Waals surface area (Å²) in [7, 11) is 0. The van der Waals surface area contributed by atoms with Crippen LogP contribution in [0.2, 0.25) is 0 Å². The number of hydrogen-bond acceptors (Lipinski definition) is 3. The molecule has 6 nitrogen and oxygen atoms in total. The maximum Gasteiger partial charge on any atom is 0.317 e. The van der Waals surface area contributed by atoms with Crippen molar-refractivity contribution in [1.82, 2.24) is 25.2 Å². The van der Waals surface area contributed by atoms with E-state index in [0.717, 1.165) is 23.9 Å². The molecular formula is C19H20FN5O. The van der Waals surface area contributed by atoms with Crippen LogP contribution in [-0.4, -0.2) is 39.0 Å². The van der Waals surface area contributed by atoms with Gasteiger partial charge in [-0.3, -0.25) is 0 Å². The van der Waals surface area contributed by atoms with Gasteiger partial charge in [0.05, 0.1) is 11.6 Å². The Labute approximate surface area is 150 Å². The Morgan fingerprint density at radius 1 is 1.15 bits per heavy atom. The highest BCUT2D eigenvalue weighted by Crippen LogP contribution is 2.25. The lowest BCUT2D eigenvalue weighted by Gasteiger charge is -2.32. The second kappa shape index (κ2) is 7.11. The van der Waals surface area contributed by atoms with E-state index in [1.807, 2.05) is 39.9 Å². The molecule has 0 aliphatic carbocycles. The van der Waals surface area contributed by atoms with E-state index in [2.05, 4.69) is 15.6 Å². The quantitative estimate of drug-likeness (QED) is 0.787. The van der Waals surface area contributed by atoms with Crippen molar-refractivity contribution >= 4 is 17.1 Å². The normalized spacial score (nSPS) is 15.3. The molecule has 2 amide bonds. The van der Waals surface area contributed by atoms with Crippen LogP contribution in [0.3, 0.4) is 0 Å². The first-order valence-corrected chi connectivity index (χ1v) is 8.78. The van der Waals surface area contributed by atoms with E-state index >= 15 is 0 Å². The van der Waals surface area contributed by atoms with E-state index in [9.17, 15) is 9.18 Å². The van der Waals surface area contributed by atoms with Gasteiger partial charge in [-0.1, -0.05) is 35.5 Å². The number of fused-ring (bicyclic) bond motifs is 1. The van der Waals surface area contributed by atoms with Crippen LogP contribution in [0.5, 0.6) is 0 Å². The number of nitrogens with one attached hydrogen (secondary N) is 1. The Kier molecular flexibility index (Phi) is 4.51. The van der Waals surface area contributed by atoms with Crippen molar-refractivity contribution in [1.29, 1.82) is 0 Å². The van der Waals surface area contributed by atoms with Gasteiger partial charge in [0.2, 0.25) is 0 Å². The van der Waals surface area contributed by atoms with Gasteiger partial charge in [0, 0.05) is 25.7 Å². The Bertz CT molecular complexity index is 903. The first-order valence-electron chi connectivity index (χ1n) is 8.78. The van der Waals surface area contributed by atoms with Crippen LogP contribution in [-0.2, 0) is 6.54 Å². The zero-order valence-corrected chi connectivity index (χ0v) is 14.3. The fraction of sp³-hybridized carbons (Fsp3) is 0.316. The predicted molar refractivity (Wildman–Crippen MR) is 96.0 cm³/mol. The summed E-state index contributed by atoms with van der Waals surface area (Å²) in [5, 5.41) is 11.2. The minimum absolute atomic E-state index is 0.0437. The molecule has 26 heavy (non-hydrogen) atoms. The van der Waals surface area contributed by atoms with Crippen LogP contribution in [0, 0.1) is 5.82 Å². The molecule has 3 aromatic rings. The number of hydrogen-bond donors (Lipinski definition) is 1. The maximum absolute atomic E-state index is 13.3. The summed E-state index contributed by atoms with van der Waals surface area (Å²) in [6, 6.07) is 14.5. The van der Waals surface area contributed by atoms with Crippen LogP contribution < -0.4 is 5.32 Å². The summed E-state index contributed by atoms with van der Waals surface area (Å²) in [6.45, 7) is 1.85. The van der Waals surface area contributed by atoms with Crippen LogP contribution in [0.4, 0.5) is 9.18 Å². The Morgan fingerprint density at radius 2 is 1.92 bits per heavy atom. The van der Waals surface area contributed by atoms with Gasteiger partial charge in [-0.2, -0.15) is 0 Å². The zero-order valence-electron chi connectivity index (χ0n) is 14.3. The first-order chi connectivity index (χ1) is 12.7.